The van der Waals surface area contributed by atoms with E-state index >= 15 is 26.3 Å². The van der Waals surface area contributed by atoms with Crippen molar-refractivity contribution in [2.24, 2.45) is 0 Å². The number of nitrogens with zero attached hydrogens (tertiary/aromatic N) is 5. The van der Waals surface area contributed by atoms with Crippen LogP contribution in [0.3, 0.4) is 0 Å². The maximum Gasteiger partial charge on any atom is 0.416 e. The number of aromatic nitrogens is 5. The molecule has 0 radical (unpaired) electrons. The van der Waals surface area contributed by atoms with Crippen LogP contribution < -0.4 is 0 Å². The normalized spacial score (nSPS) is 12.0. The van der Waals surface area contributed by atoms with Gasteiger partial charge in [0.05, 0.1) is 44.6 Å². The Morgan fingerprint density at radius 2 is 0.512 bits per heavy atom. The van der Waals surface area contributed by atoms with Gasteiger partial charge in [0.2, 0.25) is 0 Å². The maximum absolute atomic E-state index is 15.4. The second kappa shape index (κ2) is 19.8. The summed E-state index contributed by atoms with van der Waals surface area (Å²) in [6.45, 7) is 0. The van der Waals surface area contributed by atoms with Crippen molar-refractivity contribution in [3.8, 4) is 90.0 Å². The molecule has 0 saturated heterocycles. The highest BCUT2D eigenvalue weighted by molar-refractivity contribution is 6.13. The summed E-state index contributed by atoms with van der Waals surface area (Å²) in [6, 6.07) is 79.3. The summed E-state index contributed by atoms with van der Waals surface area (Å²) in [5.41, 5.74) is 9.03. The minimum absolute atomic E-state index is 0.0323. The first-order valence-corrected chi connectivity index (χ1v) is 26.5. The largest absolute Gasteiger partial charge is 0.416 e. The zero-order chi connectivity index (χ0) is 55.7. The van der Waals surface area contributed by atoms with Crippen LogP contribution in [-0.2, 0) is 12.4 Å². The summed E-state index contributed by atoms with van der Waals surface area (Å²) >= 11 is 0. The average molecular weight is 1080 g/mol. The van der Waals surface area contributed by atoms with Crippen molar-refractivity contribution in [3.63, 3.8) is 0 Å². The monoisotopic (exact) mass is 1080 g/mol. The van der Waals surface area contributed by atoms with Crippen LogP contribution in [-0.4, -0.2) is 24.1 Å². The summed E-state index contributed by atoms with van der Waals surface area (Å²) in [7, 11) is 0. The van der Waals surface area contributed by atoms with E-state index in [9.17, 15) is 0 Å². The Labute approximate surface area is 466 Å². The minimum Gasteiger partial charge on any atom is -0.308 e. The molecule has 0 N–H and O–H groups in total. The zero-order valence-corrected chi connectivity index (χ0v) is 43.3. The van der Waals surface area contributed by atoms with Crippen molar-refractivity contribution >= 4 is 43.6 Å². The van der Waals surface area contributed by atoms with E-state index in [1.165, 1.54) is 12.1 Å². The highest BCUT2D eigenvalue weighted by atomic mass is 19.4. The Hall–Kier alpha value is -10.4. The molecule has 0 unspecified atom stereocenters. The number of hydrogen-bond acceptors (Lipinski definition) is 3. The number of fused-ring (bicyclic) bond motifs is 6. The Morgan fingerprint density at radius 1 is 0.244 bits per heavy atom. The fourth-order valence-electron chi connectivity index (χ4n) is 11.3. The quantitative estimate of drug-likeness (QED) is 0.135. The van der Waals surface area contributed by atoms with Gasteiger partial charge in [0.25, 0.3) is 0 Å². The fraction of sp³-hybridized carbons (Fsp3) is 0.0282. The number of benzene rings is 11. The van der Waals surface area contributed by atoms with Gasteiger partial charge in [-0.3, -0.25) is 0 Å². The Kier molecular flexibility index (Phi) is 12.0. The fourth-order valence-corrected chi connectivity index (χ4v) is 11.3. The lowest BCUT2D eigenvalue weighted by Crippen LogP contribution is -2.10. The maximum atomic E-state index is 15.4. The molecular weight excluding hydrogens is 1040 g/mol. The van der Waals surface area contributed by atoms with Gasteiger partial charge in [-0.05, 0) is 105 Å². The molecule has 82 heavy (non-hydrogen) atoms. The van der Waals surface area contributed by atoms with Gasteiger partial charge in [-0.25, -0.2) is 15.0 Å². The van der Waals surface area contributed by atoms with Gasteiger partial charge >= 0.3 is 12.4 Å². The third kappa shape index (κ3) is 8.93. The molecule has 5 nitrogen and oxygen atoms in total. The number of alkyl halides is 6. The van der Waals surface area contributed by atoms with E-state index in [1.807, 2.05) is 203 Å². The second-order valence-electron chi connectivity index (χ2n) is 20.2. The molecule has 0 spiro atoms. The Morgan fingerprint density at radius 3 is 0.793 bits per heavy atom. The van der Waals surface area contributed by atoms with Crippen LogP contribution in [0.4, 0.5) is 26.3 Å². The van der Waals surface area contributed by atoms with Gasteiger partial charge in [0.15, 0.2) is 17.5 Å². The van der Waals surface area contributed by atoms with Crippen molar-refractivity contribution in [3.05, 3.63) is 272 Å². The van der Waals surface area contributed by atoms with Crippen LogP contribution in [0.5, 0.6) is 0 Å². The van der Waals surface area contributed by atoms with E-state index < -0.39 is 23.5 Å². The first-order chi connectivity index (χ1) is 39.9. The lowest BCUT2D eigenvalue weighted by Gasteiger charge is -2.19. The SMILES string of the molecule is FC(F)(F)c1ccc(-n2c3cc(-c4ccccc4)ccc3c3ccc(-c4ccccc4)cc32)c(-c2nc(-c3ccccc3)nc(-c3cc(C(F)(F)F)ccc3-n3c4cc(-c5ccccc5)ccc4c4ccc(-c5ccccc5)cc43)n2)c1. The second-order valence-corrected chi connectivity index (χ2v) is 20.2. The molecule has 0 amide bonds. The van der Waals surface area contributed by atoms with Crippen LogP contribution in [0.25, 0.3) is 134 Å². The summed E-state index contributed by atoms with van der Waals surface area (Å²) in [4.78, 5) is 15.1. The molecule has 0 atom stereocenters. The molecule has 0 bridgehead atoms. The van der Waals surface area contributed by atoms with Crippen LogP contribution >= 0.6 is 0 Å². The molecule has 3 aromatic heterocycles. The molecule has 14 aromatic rings. The molecular formula is C71H43F6N5. The predicted molar refractivity (Wildman–Crippen MR) is 317 cm³/mol. The van der Waals surface area contributed by atoms with Gasteiger partial charge in [-0.1, -0.05) is 200 Å². The Balaban J connectivity index is 1.08. The van der Waals surface area contributed by atoms with E-state index in [4.69, 9.17) is 15.0 Å². The summed E-state index contributed by atoms with van der Waals surface area (Å²) < 4.78 is 96.0. The van der Waals surface area contributed by atoms with E-state index in [2.05, 4.69) is 0 Å². The van der Waals surface area contributed by atoms with E-state index in [0.717, 1.165) is 90.3 Å². The summed E-state index contributed by atoms with van der Waals surface area (Å²) in [5.74, 6) is -0.351. The molecule has 0 aliphatic carbocycles. The minimum atomic E-state index is -4.82. The van der Waals surface area contributed by atoms with Crippen LogP contribution in [0.2, 0.25) is 0 Å². The van der Waals surface area contributed by atoms with Crippen molar-refractivity contribution in [2.45, 2.75) is 12.4 Å². The van der Waals surface area contributed by atoms with Gasteiger partial charge in [0.1, 0.15) is 0 Å². The van der Waals surface area contributed by atoms with Gasteiger partial charge in [0, 0.05) is 38.2 Å². The summed E-state index contributed by atoms with van der Waals surface area (Å²) in [5, 5.41) is 3.36. The highest BCUT2D eigenvalue weighted by Crippen LogP contribution is 2.45. The first-order valence-electron chi connectivity index (χ1n) is 26.5. The van der Waals surface area contributed by atoms with Crippen LogP contribution in [0.1, 0.15) is 11.1 Å². The standard InChI is InChI=1S/C71H43F6N5/c72-70(73,74)53-30-36-61(81-63-38-49(44-16-6-1-7-17-44)26-32-55(63)56-33-27-50(39-64(56)81)45-18-8-2-9-19-45)59(42-53)68-78-67(48-24-14-5-15-25-48)79-69(80-68)60-43-54(71(75,76)77)31-37-62(60)82-65-40-51(46-20-10-3-11-21-46)28-34-57(65)58-35-29-52(41-66(58)82)47-22-12-4-13-23-47/h1-43H. The van der Waals surface area contributed by atoms with E-state index in [0.29, 0.717) is 39.0 Å². The Bertz CT molecular complexity index is 4270. The molecule has 14 rings (SSSR count). The van der Waals surface area contributed by atoms with Crippen molar-refractivity contribution < 1.29 is 26.3 Å². The summed E-state index contributed by atoms with van der Waals surface area (Å²) in [6.07, 6.45) is -9.65. The number of hydrogen-bond donors (Lipinski definition) is 0. The number of rotatable bonds is 9. The molecule has 3 heterocycles. The third-order valence-corrected chi connectivity index (χ3v) is 15.2. The zero-order valence-electron chi connectivity index (χ0n) is 43.3. The van der Waals surface area contributed by atoms with Gasteiger partial charge in [-0.2, -0.15) is 26.3 Å². The van der Waals surface area contributed by atoms with E-state index in [1.54, 1.807) is 30.3 Å². The van der Waals surface area contributed by atoms with Crippen molar-refractivity contribution in [2.75, 3.05) is 0 Å². The molecule has 0 aliphatic heterocycles. The lowest BCUT2D eigenvalue weighted by atomic mass is 10.0. The first kappa shape index (κ1) is 49.9. The van der Waals surface area contributed by atoms with Crippen LogP contribution in [0, 0.1) is 0 Å². The molecule has 11 aromatic carbocycles. The lowest BCUT2D eigenvalue weighted by molar-refractivity contribution is -0.138. The molecule has 11 heteroatoms. The van der Waals surface area contributed by atoms with Gasteiger partial charge in [-0.15, -0.1) is 0 Å². The average Bonchev–Trinajstić information content (AvgIpc) is 4.01. The molecule has 394 valence electrons. The molecule has 0 fully saturated rings. The van der Waals surface area contributed by atoms with Crippen molar-refractivity contribution in [1.29, 1.82) is 0 Å². The van der Waals surface area contributed by atoms with Crippen molar-refractivity contribution in [1.82, 2.24) is 24.1 Å². The smallest absolute Gasteiger partial charge is 0.308 e. The number of halogens is 6. The molecule has 0 saturated carbocycles. The topological polar surface area (TPSA) is 48.5 Å². The van der Waals surface area contributed by atoms with Gasteiger partial charge < -0.3 is 9.13 Å². The van der Waals surface area contributed by atoms with E-state index in [-0.39, 0.29) is 28.6 Å². The molecule has 0 aliphatic rings. The third-order valence-electron chi connectivity index (χ3n) is 15.2. The predicted octanol–water partition coefficient (Wildman–Crippen LogP) is 19.8. The highest BCUT2D eigenvalue weighted by Gasteiger charge is 2.34. The van der Waals surface area contributed by atoms with Crippen LogP contribution in [0.15, 0.2) is 261 Å².